The van der Waals surface area contributed by atoms with Crippen molar-refractivity contribution in [3.05, 3.63) is 46.0 Å². The highest BCUT2D eigenvalue weighted by Gasteiger charge is 2.16. The van der Waals surface area contributed by atoms with Gasteiger partial charge in [0.05, 0.1) is 5.56 Å². The van der Waals surface area contributed by atoms with E-state index >= 15 is 0 Å². The van der Waals surface area contributed by atoms with Gasteiger partial charge in [-0.2, -0.15) is 0 Å². The van der Waals surface area contributed by atoms with Crippen LogP contribution in [0.2, 0.25) is 0 Å². The molecule has 0 spiro atoms. The average molecular weight is 248 g/mol. The molecule has 0 amide bonds. The Morgan fingerprint density at radius 1 is 1.28 bits per heavy atom. The average Bonchev–Trinajstić information content (AvgIpc) is 2.24. The molecule has 0 saturated heterocycles. The van der Waals surface area contributed by atoms with Crippen LogP contribution in [0.1, 0.15) is 36.8 Å². The Morgan fingerprint density at radius 3 is 2.33 bits per heavy atom. The Hall–Kier alpha value is -1.84. The molecule has 4 nitrogen and oxygen atoms in total. The van der Waals surface area contributed by atoms with Crippen LogP contribution in [0, 0.1) is 0 Å². The van der Waals surface area contributed by atoms with Crippen molar-refractivity contribution in [2.75, 3.05) is 14.1 Å². The molecule has 1 heterocycles. The third-order valence-electron chi connectivity index (χ3n) is 2.51. The minimum Gasteiger partial charge on any atom is -0.383 e. The van der Waals surface area contributed by atoms with Crippen LogP contribution in [0.3, 0.4) is 0 Å². The Labute approximate surface area is 107 Å². The van der Waals surface area contributed by atoms with E-state index in [4.69, 9.17) is 0 Å². The van der Waals surface area contributed by atoms with Crippen molar-refractivity contribution in [3.8, 4) is 0 Å². The van der Waals surface area contributed by atoms with E-state index in [2.05, 4.69) is 4.98 Å². The van der Waals surface area contributed by atoms with Crippen LogP contribution in [-0.2, 0) is 5.41 Å². The van der Waals surface area contributed by atoms with E-state index in [0.29, 0.717) is 0 Å². The first-order chi connectivity index (χ1) is 8.21. The number of hydrogen-bond donors (Lipinski definition) is 1. The molecule has 1 aromatic rings. The summed E-state index contributed by atoms with van der Waals surface area (Å²) in [4.78, 5) is 28.2. The highest BCUT2D eigenvalue weighted by molar-refractivity contribution is 6.04. The third kappa shape index (κ3) is 3.58. The summed E-state index contributed by atoms with van der Waals surface area (Å²) in [5.41, 5.74) is 0.512. The summed E-state index contributed by atoms with van der Waals surface area (Å²) < 4.78 is 0. The molecule has 0 aliphatic heterocycles. The number of hydrogen-bond acceptors (Lipinski definition) is 3. The van der Waals surface area contributed by atoms with Crippen LogP contribution in [0.4, 0.5) is 0 Å². The molecule has 0 atom stereocenters. The van der Waals surface area contributed by atoms with Crippen molar-refractivity contribution in [1.29, 1.82) is 0 Å². The standard InChI is InChI=1S/C14H20N2O2/c1-14(2,3)12-7-6-10(13(18)15-12)11(17)8-9-16(4)5/h6-9H,1-5H3,(H,15,18)/b9-8+. The SMILES string of the molecule is CN(C)/C=C/C(=O)c1ccc(C(C)(C)C)[nH]c1=O. The lowest BCUT2D eigenvalue weighted by molar-refractivity contribution is 0.104. The zero-order valence-corrected chi connectivity index (χ0v) is 11.6. The number of aromatic amines is 1. The maximum Gasteiger partial charge on any atom is 0.259 e. The van der Waals surface area contributed by atoms with Gasteiger partial charge in [-0.15, -0.1) is 0 Å². The molecule has 0 unspecified atom stereocenters. The first-order valence-electron chi connectivity index (χ1n) is 5.84. The molecule has 1 aromatic heterocycles. The van der Waals surface area contributed by atoms with E-state index in [1.807, 2.05) is 34.9 Å². The van der Waals surface area contributed by atoms with Crippen LogP contribution in [-0.4, -0.2) is 29.8 Å². The van der Waals surface area contributed by atoms with Crippen LogP contribution in [0.25, 0.3) is 0 Å². The summed E-state index contributed by atoms with van der Waals surface area (Å²) in [6.07, 6.45) is 3.01. The fourth-order valence-electron chi connectivity index (χ4n) is 1.41. The van der Waals surface area contributed by atoms with Gasteiger partial charge in [-0.1, -0.05) is 20.8 Å². The highest BCUT2D eigenvalue weighted by Crippen LogP contribution is 2.18. The van der Waals surface area contributed by atoms with Gasteiger partial charge in [-0.25, -0.2) is 0 Å². The molecular weight excluding hydrogens is 228 g/mol. The summed E-state index contributed by atoms with van der Waals surface area (Å²) in [6.45, 7) is 6.02. The van der Waals surface area contributed by atoms with Crippen molar-refractivity contribution >= 4 is 5.78 Å². The van der Waals surface area contributed by atoms with Gasteiger partial charge in [0.2, 0.25) is 0 Å². The number of allylic oxidation sites excluding steroid dienone is 1. The number of nitrogens with one attached hydrogen (secondary N) is 1. The van der Waals surface area contributed by atoms with Crippen molar-refractivity contribution in [1.82, 2.24) is 9.88 Å². The van der Waals surface area contributed by atoms with Crippen LogP contribution in [0.5, 0.6) is 0 Å². The lowest BCUT2D eigenvalue weighted by atomic mass is 9.91. The summed E-state index contributed by atoms with van der Waals surface area (Å²) in [7, 11) is 3.63. The largest absolute Gasteiger partial charge is 0.383 e. The summed E-state index contributed by atoms with van der Waals surface area (Å²) in [5, 5.41) is 0. The number of aromatic nitrogens is 1. The molecule has 1 rings (SSSR count). The molecule has 0 radical (unpaired) electrons. The Morgan fingerprint density at radius 2 is 1.89 bits per heavy atom. The van der Waals surface area contributed by atoms with E-state index in [1.165, 1.54) is 6.08 Å². The quantitative estimate of drug-likeness (QED) is 0.657. The lowest BCUT2D eigenvalue weighted by Crippen LogP contribution is -2.23. The molecule has 0 aromatic carbocycles. The normalized spacial score (nSPS) is 11.8. The second kappa shape index (κ2) is 5.21. The van der Waals surface area contributed by atoms with Crippen molar-refractivity contribution in [3.63, 3.8) is 0 Å². The second-order valence-electron chi connectivity index (χ2n) is 5.51. The van der Waals surface area contributed by atoms with Gasteiger partial charge in [0.1, 0.15) is 0 Å². The van der Waals surface area contributed by atoms with E-state index in [9.17, 15) is 9.59 Å². The van der Waals surface area contributed by atoms with Crippen LogP contribution >= 0.6 is 0 Å². The fraction of sp³-hybridized carbons (Fsp3) is 0.429. The van der Waals surface area contributed by atoms with Gasteiger partial charge in [-0.05, 0) is 12.1 Å². The summed E-state index contributed by atoms with van der Waals surface area (Å²) in [5.74, 6) is -0.287. The maximum atomic E-state index is 11.8. The summed E-state index contributed by atoms with van der Waals surface area (Å²) in [6, 6.07) is 3.37. The maximum absolute atomic E-state index is 11.8. The predicted octanol–water partition coefficient (Wildman–Crippen LogP) is 1.93. The highest BCUT2D eigenvalue weighted by atomic mass is 16.1. The number of nitrogens with zero attached hydrogens (tertiary/aromatic N) is 1. The van der Waals surface area contributed by atoms with E-state index in [1.54, 1.807) is 23.2 Å². The van der Waals surface area contributed by atoms with Gasteiger partial charge in [0.15, 0.2) is 5.78 Å². The van der Waals surface area contributed by atoms with E-state index in [-0.39, 0.29) is 22.3 Å². The number of rotatable bonds is 3. The number of pyridine rings is 1. The molecule has 0 aliphatic rings. The van der Waals surface area contributed by atoms with E-state index in [0.717, 1.165) is 5.69 Å². The van der Waals surface area contributed by atoms with Gasteiger partial charge in [0, 0.05) is 37.5 Å². The number of ketones is 1. The predicted molar refractivity (Wildman–Crippen MR) is 72.9 cm³/mol. The number of carbonyl (C=O) groups excluding carboxylic acids is 1. The molecule has 1 N–H and O–H groups in total. The summed E-state index contributed by atoms with van der Waals surface area (Å²) >= 11 is 0. The van der Waals surface area contributed by atoms with Crippen molar-refractivity contribution < 1.29 is 4.79 Å². The Balaban J connectivity index is 3.07. The molecule has 4 heteroatoms. The van der Waals surface area contributed by atoms with Crippen LogP contribution in [0.15, 0.2) is 29.2 Å². The van der Waals surface area contributed by atoms with Gasteiger partial charge < -0.3 is 9.88 Å². The van der Waals surface area contributed by atoms with Gasteiger partial charge in [-0.3, -0.25) is 9.59 Å². The molecule has 98 valence electrons. The third-order valence-corrected chi connectivity index (χ3v) is 2.51. The number of carbonyl (C=O) groups is 1. The lowest BCUT2D eigenvalue weighted by Gasteiger charge is -2.18. The molecule has 0 aliphatic carbocycles. The fourth-order valence-corrected chi connectivity index (χ4v) is 1.41. The van der Waals surface area contributed by atoms with E-state index < -0.39 is 0 Å². The Bertz CT molecular complexity index is 519. The molecule has 0 bridgehead atoms. The van der Waals surface area contributed by atoms with Gasteiger partial charge >= 0.3 is 0 Å². The zero-order valence-electron chi connectivity index (χ0n) is 11.6. The molecule has 18 heavy (non-hydrogen) atoms. The molecular formula is C14H20N2O2. The topological polar surface area (TPSA) is 53.2 Å². The second-order valence-corrected chi connectivity index (χ2v) is 5.51. The number of H-pyrrole nitrogens is 1. The smallest absolute Gasteiger partial charge is 0.259 e. The van der Waals surface area contributed by atoms with Crippen molar-refractivity contribution in [2.24, 2.45) is 0 Å². The van der Waals surface area contributed by atoms with Gasteiger partial charge in [0.25, 0.3) is 5.56 Å². The first-order valence-corrected chi connectivity index (χ1v) is 5.84. The van der Waals surface area contributed by atoms with Crippen LogP contribution < -0.4 is 5.56 Å². The molecule has 0 saturated carbocycles. The van der Waals surface area contributed by atoms with Crippen molar-refractivity contribution in [2.45, 2.75) is 26.2 Å². The zero-order chi connectivity index (χ0) is 13.9. The first kappa shape index (κ1) is 14.2. The minimum absolute atomic E-state index is 0.139. The molecule has 0 fully saturated rings. The minimum atomic E-state index is -0.337. The Kier molecular flexibility index (Phi) is 4.11. The monoisotopic (exact) mass is 248 g/mol.